The number of hydrogen-bond acceptors (Lipinski definition) is 1. The fraction of sp³-hybridized carbons (Fsp3) is 0.333. The van der Waals surface area contributed by atoms with Crippen molar-refractivity contribution in [3.63, 3.8) is 0 Å². The van der Waals surface area contributed by atoms with Gasteiger partial charge in [0.25, 0.3) is 0 Å². The first-order chi connectivity index (χ1) is 6.54. The first-order valence-corrected chi connectivity index (χ1v) is 4.32. The molecule has 0 aliphatic carbocycles. The Morgan fingerprint density at radius 3 is 2.14 bits per heavy atom. The summed E-state index contributed by atoms with van der Waals surface area (Å²) in [6.07, 6.45) is 0.641. The minimum absolute atomic E-state index is 0.524. The summed E-state index contributed by atoms with van der Waals surface area (Å²) < 4.78 is 41.5. The summed E-state index contributed by atoms with van der Waals surface area (Å²) in [7, 11) is 1.56. The number of methoxy groups -OCH3 is 1. The lowest BCUT2D eigenvalue weighted by molar-refractivity contribution is 0.202. The Hall–Kier alpha value is -0.965. The summed E-state index contributed by atoms with van der Waals surface area (Å²) >= 11 is 0. The average Bonchev–Trinajstić information content (AvgIpc) is 2.14. The van der Waals surface area contributed by atoms with Crippen molar-refractivity contribution in [2.75, 3.05) is 13.7 Å². The Morgan fingerprint density at radius 1 is 1.14 bits per heavy atom. The van der Waals surface area contributed by atoms with Crippen molar-refractivity contribution in [2.45, 2.75) is 6.42 Å². The Morgan fingerprint density at radius 2 is 1.71 bits per heavy atom. The van der Waals surface area contributed by atoms with Gasteiger partial charge in [-0.25, -0.2) is 0 Å². The number of hydrogen-bond donors (Lipinski definition) is 0. The molecule has 5 heteroatoms. The van der Waals surface area contributed by atoms with Gasteiger partial charge < -0.3 is 17.7 Å². The number of ether oxygens (including phenoxy) is 1. The molecule has 1 aromatic rings. The van der Waals surface area contributed by atoms with E-state index in [1.54, 1.807) is 7.11 Å². The molecule has 0 saturated carbocycles. The van der Waals surface area contributed by atoms with E-state index in [0.717, 1.165) is 17.7 Å². The molecule has 0 heterocycles. The van der Waals surface area contributed by atoms with Gasteiger partial charge in [-0.15, -0.1) is 5.46 Å². The van der Waals surface area contributed by atoms with Crippen LogP contribution in [0.4, 0.5) is 12.9 Å². The minimum Gasteiger partial charge on any atom is -0.445 e. The van der Waals surface area contributed by atoms with Crippen molar-refractivity contribution in [3.05, 3.63) is 29.8 Å². The van der Waals surface area contributed by atoms with Gasteiger partial charge in [0.05, 0.1) is 6.61 Å². The molecule has 0 radical (unpaired) electrons. The van der Waals surface area contributed by atoms with Crippen LogP contribution in [0.2, 0.25) is 0 Å². The number of rotatable bonds is 4. The van der Waals surface area contributed by atoms with Crippen molar-refractivity contribution < 1.29 is 17.7 Å². The lowest BCUT2D eigenvalue weighted by Gasteiger charge is -2.14. The van der Waals surface area contributed by atoms with Crippen molar-refractivity contribution in [2.24, 2.45) is 0 Å². The second-order valence-corrected chi connectivity index (χ2v) is 3.06. The van der Waals surface area contributed by atoms with E-state index >= 15 is 0 Å². The Kier molecular flexibility index (Phi) is 3.58. The van der Waals surface area contributed by atoms with E-state index in [9.17, 15) is 12.9 Å². The highest BCUT2D eigenvalue weighted by molar-refractivity contribution is 6.73. The van der Waals surface area contributed by atoms with E-state index in [0.29, 0.717) is 13.0 Å². The molecule has 0 saturated heterocycles. The van der Waals surface area contributed by atoms with Crippen LogP contribution in [0, 0.1) is 0 Å². The third-order valence-corrected chi connectivity index (χ3v) is 1.95. The van der Waals surface area contributed by atoms with Gasteiger partial charge in [0, 0.05) is 7.11 Å². The first-order valence-electron chi connectivity index (χ1n) is 4.32. The molecular formula is C9H11BF3O-. The van der Waals surface area contributed by atoms with Crippen LogP contribution < -0.4 is 5.46 Å². The molecule has 1 rings (SSSR count). The molecule has 78 valence electrons. The lowest BCUT2D eigenvalue weighted by atomic mass is 9.80. The van der Waals surface area contributed by atoms with Gasteiger partial charge in [-0.05, 0) is 12.0 Å². The van der Waals surface area contributed by atoms with Crippen LogP contribution in [-0.2, 0) is 11.2 Å². The van der Waals surface area contributed by atoms with Crippen molar-refractivity contribution in [1.29, 1.82) is 0 Å². The Balaban J connectivity index is 2.69. The first kappa shape index (κ1) is 11.1. The molecule has 0 aromatic heterocycles. The summed E-state index contributed by atoms with van der Waals surface area (Å²) in [4.78, 5) is 0. The molecule has 0 atom stereocenters. The fourth-order valence-corrected chi connectivity index (χ4v) is 1.12. The molecular weight excluding hydrogens is 192 g/mol. The summed E-state index contributed by atoms with van der Waals surface area (Å²) in [5.74, 6) is 0. The van der Waals surface area contributed by atoms with Gasteiger partial charge in [0.2, 0.25) is 0 Å². The molecule has 0 spiro atoms. The van der Waals surface area contributed by atoms with E-state index < -0.39 is 12.4 Å². The van der Waals surface area contributed by atoms with Crippen LogP contribution in [0.3, 0.4) is 0 Å². The molecule has 0 amide bonds. The van der Waals surface area contributed by atoms with Crippen LogP contribution in [-0.4, -0.2) is 20.7 Å². The summed E-state index contributed by atoms with van der Waals surface area (Å²) in [5, 5.41) is 0. The lowest BCUT2D eigenvalue weighted by Crippen LogP contribution is -2.33. The third kappa shape index (κ3) is 3.07. The second kappa shape index (κ2) is 4.51. The van der Waals surface area contributed by atoms with Gasteiger partial charge in [0.1, 0.15) is 0 Å². The predicted octanol–water partition coefficient (Wildman–Crippen LogP) is 1.93. The highest BCUT2D eigenvalue weighted by Gasteiger charge is 2.24. The van der Waals surface area contributed by atoms with Gasteiger partial charge in [0.15, 0.2) is 0 Å². The number of benzene rings is 1. The van der Waals surface area contributed by atoms with E-state index in [2.05, 4.69) is 0 Å². The maximum Gasteiger partial charge on any atom is 0.509 e. The topological polar surface area (TPSA) is 9.23 Å². The normalized spacial score (nSPS) is 11.7. The molecule has 14 heavy (non-hydrogen) atoms. The monoisotopic (exact) mass is 203 g/mol. The Labute approximate surface area is 80.9 Å². The molecule has 0 fully saturated rings. The van der Waals surface area contributed by atoms with Gasteiger partial charge in [-0.1, -0.05) is 24.3 Å². The summed E-state index contributed by atoms with van der Waals surface area (Å²) in [6.45, 7) is -4.34. The molecule has 0 N–H and O–H groups in total. The summed E-state index contributed by atoms with van der Waals surface area (Å²) in [5.41, 5.74) is 0.307. The molecule has 1 aromatic carbocycles. The number of halogens is 3. The van der Waals surface area contributed by atoms with Crippen LogP contribution in [0.15, 0.2) is 24.3 Å². The van der Waals surface area contributed by atoms with Crippen molar-refractivity contribution in [1.82, 2.24) is 0 Å². The second-order valence-electron chi connectivity index (χ2n) is 3.06. The highest BCUT2D eigenvalue weighted by Crippen LogP contribution is 2.09. The van der Waals surface area contributed by atoms with Crippen LogP contribution in [0.5, 0.6) is 0 Å². The Bertz CT molecular complexity index is 281. The maximum absolute atomic E-state index is 12.2. The largest absolute Gasteiger partial charge is 0.509 e. The zero-order valence-electron chi connectivity index (χ0n) is 7.84. The van der Waals surface area contributed by atoms with Crippen LogP contribution >= 0.6 is 0 Å². The van der Waals surface area contributed by atoms with Gasteiger partial charge in [-0.2, -0.15) is 0 Å². The zero-order valence-corrected chi connectivity index (χ0v) is 7.84. The quantitative estimate of drug-likeness (QED) is 0.679. The zero-order chi connectivity index (χ0) is 10.6. The van der Waals surface area contributed by atoms with Crippen molar-refractivity contribution >= 4 is 12.4 Å². The molecule has 0 bridgehead atoms. The maximum atomic E-state index is 12.2. The van der Waals surface area contributed by atoms with E-state index in [1.807, 2.05) is 0 Å². The minimum atomic E-state index is -4.87. The van der Waals surface area contributed by atoms with E-state index in [4.69, 9.17) is 4.74 Å². The molecule has 0 aliphatic heterocycles. The van der Waals surface area contributed by atoms with E-state index in [-0.39, 0.29) is 0 Å². The third-order valence-electron chi connectivity index (χ3n) is 1.95. The molecule has 0 aliphatic rings. The average molecular weight is 203 g/mol. The summed E-state index contributed by atoms with van der Waals surface area (Å²) in [6, 6.07) is 5.21. The van der Waals surface area contributed by atoms with Crippen LogP contribution in [0.25, 0.3) is 0 Å². The fourth-order valence-electron chi connectivity index (χ4n) is 1.12. The smallest absolute Gasteiger partial charge is 0.445 e. The predicted molar refractivity (Wildman–Crippen MR) is 50.7 cm³/mol. The van der Waals surface area contributed by atoms with Crippen molar-refractivity contribution in [3.8, 4) is 0 Å². The standard InChI is InChI=1S/C9H11BF3O/c1-14-7-6-8-2-4-9(5-3-8)10(11,12)13/h2-5H,6-7H2,1H3/q-1. The van der Waals surface area contributed by atoms with Gasteiger partial charge in [-0.3, -0.25) is 0 Å². The van der Waals surface area contributed by atoms with E-state index in [1.165, 1.54) is 12.1 Å². The van der Waals surface area contributed by atoms with Crippen LogP contribution in [0.1, 0.15) is 5.56 Å². The molecule has 1 nitrogen and oxygen atoms in total. The van der Waals surface area contributed by atoms with Gasteiger partial charge >= 0.3 is 6.98 Å². The highest BCUT2D eigenvalue weighted by atomic mass is 19.4. The molecule has 0 unspecified atom stereocenters. The SMILES string of the molecule is COCCc1ccc([B-](F)(F)F)cc1.